The largest absolute Gasteiger partial charge is 0.315 e. The van der Waals surface area contributed by atoms with Crippen LogP contribution in [0.15, 0.2) is 47.4 Å². The van der Waals surface area contributed by atoms with E-state index < -0.39 is 0 Å². The Bertz CT molecular complexity index is 898. The maximum absolute atomic E-state index is 12.5. The predicted molar refractivity (Wildman–Crippen MR) is 85.8 cm³/mol. The van der Waals surface area contributed by atoms with E-state index in [9.17, 15) is 4.79 Å². The third-order valence-corrected chi connectivity index (χ3v) is 4.22. The van der Waals surface area contributed by atoms with Gasteiger partial charge in [0.2, 0.25) is 0 Å². The molecule has 1 saturated heterocycles. The molecule has 5 nitrogen and oxygen atoms in total. The summed E-state index contributed by atoms with van der Waals surface area (Å²) < 4.78 is 1.67. The predicted octanol–water partition coefficient (Wildman–Crippen LogP) is 1.68. The Morgan fingerprint density at radius 2 is 2.09 bits per heavy atom. The van der Waals surface area contributed by atoms with Crippen LogP contribution in [-0.2, 0) is 7.05 Å². The molecule has 1 fully saturated rings. The molecular weight excluding hydrogens is 276 g/mol. The molecule has 0 bridgehead atoms. The van der Waals surface area contributed by atoms with Crippen LogP contribution in [0.25, 0.3) is 22.2 Å². The van der Waals surface area contributed by atoms with Crippen molar-refractivity contribution in [1.29, 1.82) is 0 Å². The zero-order valence-corrected chi connectivity index (χ0v) is 12.3. The molecule has 1 N–H and O–H groups in total. The summed E-state index contributed by atoms with van der Waals surface area (Å²) in [6.45, 7) is 1.76. The van der Waals surface area contributed by atoms with Crippen LogP contribution < -0.4 is 10.9 Å². The molecule has 0 radical (unpaired) electrons. The maximum Gasteiger partial charge on any atom is 0.261 e. The average Bonchev–Trinajstić information content (AvgIpc) is 2.51. The number of benzene rings is 1. The van der Waals surface area contributed by atoms with Gasteiger partial charge in [-0.3, -0.25) is 14.3 Å². The van der Waals surface area contributed by atoms with Crippen molar-refractivity contribution in [3.05, 3.63) is 58.8 Å². The normalized spacial score (nSPS) is 15.0. The van der Waals surface area contributed by atoms with Gasteiger partial charge in [-0.2, -0.15) is 0 Å². The van der Waals surface area contributed by atoms with Gasteiger partial charge in [-0.1, -0.05) is 12.1 Å². The first kappa shape index (κ1) is 13.2. The molecule has 3 heterocycles. The van der Waals surface area contributed by atoms with Gasteiger partial charge >= 0.3 is 0 Å². The number of pyridine rings is 1. The highest BCUT2D eigenvalue weighted by Crippen LogP contribution is 2.23. The molecule has 0 spiro atoms. The molecule has 0 amide bonds. The summed E-state index contributed by atoms with van der Waals surface area (Å²) in [7, 11) is 1.80. The molecule has 0 atom stereocenters. The minimum atomic E-state index is 0.0134. The first-order valence-corrected chi connectivity index (χ1v) is 7.37. The zero-order chi connectivity index (χ0) is 15.1. The molecule has 1 aromatic carbocycles. The van der Waals surface area contributed by atoms with Crippen molar-refractivity contribution in [2.75, 3.05) is 13.1 Å². The van der Waals surface area contributed by atoms with E-state index in [1.807, 2.05) is 36.4 Å². The van der Waals surface area contributed by atoms with Crippen molar-refractivity contribution < 1.29 is 0 Å². The number of nitrogens with zero attached hydrogens (tertiary/aromatic N) is 3. The number of aromatic nitrogens is 3. The second-order valence-electron chi connectivity index (χ2n) is 5.64. The number of nitrogens with one attached hydrogen (secondary N) is 1. The first-order chi connectivity index (χ1) is 10.7. The smallest absolute Gasteiger partial charge is 0.261 e. The van der Waals surface area contributed by atoms with E-state index >= 15 is 0 Å². The molecule has 1 aliphatic rings. The highest BCUT2D eigenvalue weighted by molar-refractivity contribution is 5.83. The first-order valence-electron chi connectivity index (χ1n) is 7.37. The Morgan fingerprint density at radius 3 is 2.77 bits per heavy atom. The van der Waals surface area contributed by atoms with Crippen LogP contribution in [0.1, 0.15) is 11.7 Å². The number of hydrogen-bond acceptors (Lipinski definition) is 4. The second-order valence-corrected chi connectivity index (χ2v) is 5.64. The van der Waals surface area contributed by atoms with Crippen molar-refractivity contribution in [2.24, 2.45) is 7.05 Å². The van der Waals surface area contributed by atoms with E-state index in [4.69, 9.17) is 4.98 Å². The van der Waals surface area contributed by atoms with Crippen LogP contribution in [0.4, 0.5) is 0 Å². The van der Waals surface area contributed by atoms with Gasteiger partial charge in [-0.25, -0.2) is 4.98 Å². The lowest BCUT2D eigenvalue weighted by Crippen LogP contribution is -2.43. The number of rotatable bonds is 2. The molecule has 1 aliphatic heterocycles. The van der Waals surface area contributed by atoms with Gasteiger partial charge in [0, 0.05) is 37.8 Å². The Balaban J connectivity index is 1.92. The van der Waals surface area contributed by atoms with E-state index in [0.29, 0.717) is 11.3 Å². The van der Waals surface area contributed by atoms with E-state index in [0.717, 1.165) is 35.7 Å². The molecule has 4 rings (SSSR count). The van der Waals surface area contributed by atoms with Gasteiger partial charge in [0.15, 0.2) is 0 Å². The molecule has 0 unspecified atom stereocenters. The quantitative estimate of drug-likeness (QED) is 0.781. The molecule has 2 aromatic heterocycles. The van der Waals surface area contributed by atoms with Crippen molar-refractivity contribution in [3.63, 3.8) is 0 Å². The summed E-state index contributed by atoms with van der Waals surface area (Å²) in [6.07, 6.45) is 1.77. The molecule has 5 heteroatoms. The van der Waals surface area contributed by atoms with Crippen molar-refractivity contribution in [3.8, 4) is 11.3 Å². The SMILES string of the molecule is Cn1c(C2CNC2)nc2cc(-c3ccccn3)ccc2c1=O. The minimum absolute atomic E-state index is 0.0134. The van der Waals surface area contributed by atoms with Crippen molar-refractivity contribution in [2.45, 2.75) is 5.92 Å². The lowest BCUT2D eigenvalue weighted by atomic mass is 10.0. The van der Waals surface area contributed by atoms with Crippen LogP contribution >= 0.6 is 0 Å². The lowest BCUT2D eigenvalue weighted by molar-refractivity contribution is 0.416. The molecular formula is C17H16N4O. The van der Waals surface area contributed by atoms with Crippen LogP contribution in [0.5, 0.6) is 0 Å². The molecule has 22 heavy (non-hydrogen) atoms. The van der Waals surface area contributed by atoms with E-state index in [1.54, 1.807) is 17.8 Å². The maximum atomic E-state index is 12.5. The van der Waals surface area contributed by atoms with Gasteiger partial charge in [0.25, 0.3) is 5.56 Å². The average molecular weight is 292 g/mol. The topological polar surface area (TPSA) is 59.8 Å². The summed E-state index contributed by atoms with van der Waals surface area (Å²) >= 11 is 0. The van der Waals surface area contributed by atoms with Gasteiger partial charge in [-0.15, -0.1) is 0 Å². The second kappa shape index (κ2) is 5.03. The fourth-order valence-corrected chi connectivity index (χ4v) is 2.82. The zero-order valence-electron chi connectivity index (χ0n) is 12.3. The molecule has 0 aliphatic carbocycles. The Morgan fingerprint density at radius 1 is 1.23 bits per heavy atom. The fraction of sp³-hybridized carbons (Fsp3) is 0.235. The number of hydrogen-bond donors (Lipinski definition) is 1. The monoisotopic (exact) mass is 292 g/mol. The van der Waals surface area contributed by atoms with Crippen LogP contribution in [-0.4, -0.2) is 27.6 Å². The third kappa shape index (κ3) is 2.02. The summed E-state index contributed by atoms with van der Waals surface area (Å²) in [5, 5.41) is 3.88. The van der Waals surface area contributed by atoms with Crippen LogP contribution in [0.2, 0.25) is 0 Å². The highest BCUT2D eigenvalue weighted by Gasteiger charge is 2.24. The van der Waals surface area contributed by atoms with E-state index in [1.165, 1.54) is 0 Å². The van der Waals surface area contributed by atoms with Gasteiger partial charge in [0.05, 0.1) is 16.6 Å². The lowest BCUT2D eigenvalue weighted by Gasteiger charge is -2.28. The van der Waals surface area contributed by atoms with E-state index in [-0.39, 0.29) is 5.56 Å². The van der Waals surface area contributed by atoms with Crippen molar-refractivity contribution in [1.82, 2.24) is 19.9 Å². The fourth-order valence-electron chi connectivity index (χ4n) is 2.82. The van der Waals surface area contributed by atoms with Crippen LogP contribution in [0.3, 0.4) is 0 Å². The van der Waals surface area contributed by atoms with Gasteiger partial charge in [0.1, 0.15) is 5.82 Å². The molecule has 0 saturated carbocycles. The Hall–Kier alpha value is -2.53. The van der Waals surface area contributed by atoms with Crippen LogP contribution in [0, 0.1) is 0 Å². The summed E-state index contributed by atoms with van der Waals surface area (Å²) in [6, 6.07) is 11.5. The standard InChI is InChI=1S/C17H16N4O/c1-21-16(12-9-18-10-12)20-15-8-11(5-6-13(15)17(21)22)14-4-2-3-7-19-14/h2-8,12,18H,9-10H2,1H3. The molecule has 110 valence electrons. The summed E-state index contributed by atoms with van der Waals surface area (Å²) in [4.78, 5) is 21.6. The Kier molecular flexibility index (Phi) is 3.01. The third-order valence-electron chi connectivity index (χ3n) is 4.22. The van der Waals surface area contributed by atoms with E-state index in [2.05, 4.69) is 10.3 Å². The summed E-state index contributed by atoms with van der Waals surface area (Å²) in [5.74, 6) is 1.18. The van der Waals surface area contributed by atoms with Gasteiger partial charge < -0.3 is 5.32 Å². The van der Waals surface area contributed by atoms with Gasteiger partial charge in [-0.05, 0) is 24.3 Å². The Labute approximate surface area is 127 Å². The minimum Gasteiger partial charge on any atom is -0.315 e. The number of fused-ring (bicyclic) bond motifs is 1. The molecule has 3 aromatic rings. The highest BCUT2D eigenvalue weighted by atomic mass is 16.1. The summed E-state index contributed by atoms with van der Waals surface area (Å²) in [5.41, 5.74) is 2.62. The van der Waals surface area contributed by atoms with Crippen molar-refractivity contribution >= 4 is 10.9 Å².